The zero-order valence-corrected chi connectivity index (χ0v) is 46.1. The van der Waals surface area contributed by atoms with Crippen molar-refractivity contribution >= 4 is 17.9 Å². The van der Waals surface area contributed by atoms with E-state index in [1.807, 2.05) is 0 Å². The summed E-state index contributed by atoms with van der Waals surface area (Å²) in [5.41, 5.74) is 0. The fourth-order valence-electron chi connectivity index (χ4n) is 8.74. The Bertz CT molecular complexity index is 1200. The van der Waals surface area contributed by atoms with Crippen molar-refractivity contribution in [2.45, 2.75) is 322 Å². The van der Waals surface area contributed by atoms with E-state index < -0.39 is 6.10 Å². The highest BCUT2D eigenvalue weighted by Gasteiger charge is 2.19. The van der Waals surface area contributed by atoms with Crippen LogP contribution in [0.1, 0.15) is 316 Å². The summed E-state index contributed by atoms with van der Waals surface area (Å²) < 4.78 is 16.9. The predicted molar refractivity (Wildman–Crippen MR) is 298 cm³/mol. The molecule has 0 saturated carbocycles. The number of allylic oxidation sites excluding steroid dienone is 8. The molecule has 0 aliphatic carbocycles. The Morgan fingerprint density at radius 2 is 0.522 bits per heavy atom. The number of hydrogen-bond donors (Lipinski definition) is 0. The van der Waals surface area contributed by atoms with Crippen LogP contribution in [0.25, 0.3) is 0 Å². The van der Waals surface area contributed by atoms with Crippen molar-refractivity contribution in [2.75, 3.05) is 13.2 Å². The monoisotopic (exact) mass is 967 g/mol. The molecule has 0 heterocycles. The first-order valence-electron chi connectivity index (χ1n) is 30.1. The third-order valence-corrected chi connectivity index (χ3v) is 13.3. The average Bonchev–Trinajstić information content (AvgIpc) is 3.35. The molecule has 0 aromatic rings. The highest BCUT2D eigenvalue weighted by molar-refractivity contribution is 5.71. The van der Waals surface area contributed by atoms with Crippen molar-refractivity contribution in [3.05, 3.63) is 48.6 Å². The van der Waals surface area contributed by atoms with Crippen LogP contribution in [0.15, 0.2) is 48.6 Å². The predicted octanol–water partition coefficient (Wildman–Crippen LogP) is 20.2. The van der Waals surface area contributed by atoms with E-state index in [1.165, 1.54) is 193 Å². The van der Waals surface area contributed by atoms with Crippen LogP contribution >= 0.6 is 0 Å². The van der Waals surface area contributed by atoms with E-state index in [0.29, 0.717) is 19.3 Å². The van der Waals surface area contributed by atoms with E-state index in [1.54, 1.807) is 0 Å². The molecule has 0 fully saturated rings. The zero-order chi connectivity index (χ0) is 50.0. The topological polar surface area (TPSA) is 78.9 Å². The van der Waals surface area contributed by atoms with E-state index in [2.05, 4.69) is 69.4 Å². The molecular weight excluding hydrogens is 853 g/mol. The first kappa shape index (κ1) is 66.4. The number of carbonyl (C=O) groups excluding carboxylic acids is 3. The quantitative estimate of drug-likeness (QED) is 0.0262. The molecule has 6 heteroatoms. The molecule has 0 N–H and O–H groups in total. The minimum atomic E-state index is -0.784. The summed E-state index contributed by atoms with van der Waals surface area (Å²) in [6, 6.07) is 0. The molecule has 0 amide bonds. The second kappa shape index (κ2) is 57.9. The first-order chi connectivity index (χ1) is 34.0. The second-order valence-corrected chi connectivity index (χ2v) is 20.3. The van der Waals surface area contributed by atoms with Crippen LogP contribution in [0.2, 0.25) is 0 Å². The first-order valence-corrected chi connectivity index (χ1v) is 30.1. The number of ether oxygens (including phenoxy) is 3. The van der Waals surface area contributed by atoms with Gasteiger partial charge in [0.25, 0.3) is 0 Å². The number of carbonyl (C=O) groups is 3. The molecule has 0 aliphatic heterocycles. The van der Waals surface area contributed by atoms with E-state index in [4.69, 9.17) is 14.2 Å². The van der Waals surface area contributed by atoms with Crippen LogP contribution in [-0.4, -0.2) is 37.2 Å². The van der Waals surface area contributed by atoms with Crippen LogP contribution in [0.3, 0.4) is 0 Å². The molecule has 0 aromatic heterocycles. The Morgan fingerprint density at radius 1 is 0.290 bits per heavy atom. The highest BCUT2D eigenvalue weighted by Crippen LogP contribution is 2.16. The third kappa shape index (κ3) is 56.2. The van der Waals surface area contributed by atoms with E-state index >= 15 is 0 Å². The van der Waals surface area contributed by atoms with Gasteiger partial charge in [0.15, 0.2) is 6.10 Å². The van der Waals surface area contributed by atoms with Crippen molar-refractivity contribution < 1.29 is 28.6 Å². The van der Waals surface area contributed by atoms with Gasteiger partial charge < -0.3 is 14.2 Å². The van der Waals surface area contributed by atoms with Gasteiger partial charge in [-0.15, -0.1) is 0 Å². The highest BCUT2D eigenvalue weighted by atomic mass is 16.6. The lowest BCUT2D eigenvalue weighted by Crippen LogP contribution is -2.30. The van der Waals surface area contributed by atoms with Gasteiger partial charge in [-0.3, -0.25) is 14.4 Å². The summed E-state index contributed by atoms with van der Waals surface area (Å²) in [5.74, 6) is -0.886. The standard InChI is InChI=1S/C63H114O6/c1-4-7-10-13-16-19-22-25-28-30-31-33-35-38-41-44-47-50-53-56-62(65)68-59-60(58-67-61(64)55-52-49-46-43-40-37-34-27-24-21-18-15-12-9-6-3)69-63(66)57-54-51-48-45-42-39-36-32-29-26-23-20-17-14-11-8-5-2/h17,20,25-26,28-29,36,39,60H,4-16,18-19,21-24,27,30-35,37-38,40-59H2,1-3H3/b20-17-,28-25-,29-26-,39-36-/t60-/m0/s1. The largest absolute Gasteiger partial charge is 0.462 e. The normalized spacial score (nSPS) is 12.3. The Balaban J connectivity index is 4.38. The lowest BCUT2D eigenvalue weighted by molar-refractivity contribution is -0.167. The molecule has 0 saturated heterocycles. The molecule has 0 spiro atoms. The maximum absolute atomic E-state index is 12.9. The molecule has 402 valence electrons. The molecule has 1 atom stereocenters. The molecule has 69 heavy (non-hydrogen) atoms. The van der Waals surface area contributed by atoms with Crippen LogP contribution in [-0.2, 0) is 28.6 Å². The Hall–Kier alpha value is -2.63. The van der Waals surface area contributed by atoms with Crippen LogP contribution in [0.5, 0.6) is 0 Å². The Morgan fingerprint density at radius 3 is 0.855 bits per heavy atom. The summed E-state index contributed by atoms with van der Waals surface area (Å²) in [6.45, 7) is 6.63. The summed E-state index contributed by atoms with van der Waals surface area (Å²) in [5, 5.41) is 0. The summed E-state index contributed by atoms with van der Waals surface area (Å²) >= 11 is 0. The minimum Gasteiger partial charge on any atom is -0.462 e. The molecule has 0 bridgehead atoms. The van der Waals surface area contributed by atoms with Gasteiger partial charge in [0.05, 0.1) is 0 Å². The van der Waals surface area contributed by atoms with E-state index in [-0.39, 0.29) is 31.1 Å². The lowest BCUT2D eigenvalue weighted by atomic mass is 10.0. The van der Waals surface area contributed by atoms with Gasteiger partial charge in [-0.2, -0.15) is 0 Å². The van der Waals surface area contributed by atoms with E-state index in [0.717, 1.165) is 83.5 Å². The smallest absolute Gasteiger partial charge is 0.306 e. The fourth-order valence-corrected chi connectivity index (χ4v) is 8.74. The van der Waals surface area contributed by atoms with Crippen molar-refractivity contribution in [3.8, 4) is 0 Å². The SMILES string of the molecule is CCCCC/C=C\C/C=C\C/C=C\CCCCCCC(=O)O[C@H](COC(=O)CCCCCCCCCCC/C=C\CCCCCCCC)COC(=O)CCCCCCCCCCCCCCCCC. The van der Waals surface area contributed by atoms with Gasteiger partial charge in [-0.25, -0.2) is 0 Å². The molecule has 0 unspecified atom stereocenters. The van der Waals surface area contributed by atoms with Gasteiger partial charge >= 0.3 is 17.9 Å². The zero-order valence-electron chi connectivity index (χ0n) is 46.1. The lowest BCUT2D eigenvalue weighted by Gasteiger charge is -2.18. The maximum Gasteiger partial charge on any atom is 0.306 e. The number of rotatable bonds is 55. The number of esters is 3. The van der Waals surface area contributed by atoms with E-state index in [9.17, 15) is 14.4 Å². The van der Waals surface area contributed by atoms with Crippen LogP contribution in [0.4, 0.5) is 0 Å². The maximum atomic E-state index is 12.9. The number of unbranched alkanes of at least 4 members (excludes halogenated alkanes) is 36. The minimum absolute atomic E-state index is 0.0795. The van der Waals surface area contributed by atoms with Crippen LogP contribution in [0, 0.1) is 0 Å². The second-order valence-electron chi connectivity index (χ2n) is 20.3. The van der Waals surface area contributed by atoms with Gasteiger partial charge in [0.2, 0.25) is 0 Å². The van der Waals surface area contributed by atoms with Crippen LogP contribution < -0.4 is 0 Å². The van der Waals surface area contributed by atoms with Gasteiger partial charge in [0, 0.05) is 19.3 Å². The van der Waals surface area contributed by atoms with Gasteiger partial charge in [0.1, 0.15) is 13.2 Å². The van der Waals surface area contributed by atoms with Gasteiger partial charge in [-0.1, -0.05) is 262 Å². The van der Waals surface area contributed by atoms with Gasteiger partial charge in [-0.05, 0) is 83.5 Å². The Labute approximate surface area is 428 Å². The molecule has 0 rings (SSSR count). The third-order valence-electron chi connectivity index (χ3n) is 13.3. The average molecular weight is 968 g/mol. The van der Waals surface area contributed by atoms with Crippen molar-refractivity contribution in [1.82, 2.24) is 0 Å². The van der Waals surface area contributed by atoms with Crippen molar-refractivity contribution in [2.24, 2.45) is 0 Å². The Kier molecular flexibility index (Phi) is 55.7. The molecular formula is C63H114O6. The number of hydrogen-bond acceptors (Lipinski definition) is 6. The molecule has 6 nitrogen and oxygen atoms in total. The molecule has 0 aliphatic rings. The fraction of sp³-hybridized carbons (Fsp3) is 0.825. The van der Waals surface area contributed by atoms with Crippen molar-refractivity contribution in [3.63, 3.8) is 0 Å². The summed E-state index contributed by atoms with van der Waals surface area (Å²) in [4.78, 5) is 38.2. The molecule has 0 radical (unpaired) electrons. The van der Waals surface area contributed by atoms with Crippen molar-refractivity contribution in [1.29, 1.82) is 0 Å². The summed E-state index contributed by atoms with van der Waals surface area (Å²) in [7, 11) is 0. The molecule has 0 aromatic carbocycles. The summed E-state index contributed by atoms with van der Waals surface area (Å²) in [6.07, 6.45) is 71.0.